The van der Waals surface area contributed by atoms with Crippen LogP contribution in [0.5, 0.6) is 0 Å². The van der Waals surface area contributed by atoms with Crippen molar-refractivity contribution in [1.29, 1.82) is 0 Å². The molecule has 33 heavy (non-hydrogen) atoms. The maximum Gasteiger partial charge on any atom is 0.293 e. The van der Waals surface area contributed by atoms with Gasteiger partial charge in [0.15, 0.2) is 0 Å². The van der Waals surface area contributed by atoms with Crippen LogP contribution in [0.25, 0.3) is 6.08 Å². The molecule has 0 spiro atoms. The lowest BCUT2D eigenvalue weighted by Crippen LogP contribution is -2.40. The highest BCUT2D eigenvalue weighted by Gasteiger charge is 2.36. The summed E-state index contributed by atoms with van der Waals surface area (Å²) in [6, 6.07) is 15.5. The molecular weight excluding hydrogens is 445 g/mol. The van der Waals surface area contributed by atoms with Crippen LogP contribution in [0.15, 0.2) is 59.5 Å². The number of hydrogen-bond acceptors (Lipinski definition) is 5. The topological polar surface area (TPSA) is 86.8 Å². The summed E-state index contributed by atoms with van der Waals surface area (Å²) in [6.45, 7) is 0.855. The minimum Gasteiger partial charge on any atom is -0.354 e. The summed E-state index contributed by atoms with van der Waals surface area (Å²) in [5, 5.41) is 2.25. The maximum atomic E-state index is 13.8. The van der Waals surface area contributed by atoms with Gasteiger partial charge in [0.1, 0.15) is 5.82 Å². The molecule has 0 unspecified atom stereocenters. The Morgan fingerprint density at radius 3 is 2.58 bits per heavy atom. The van der Waals surface area contributed by atoms with Crippen molar-refractivity contribution in [3.05, 3.63) is 76.4 Å². The van der Waals surface area contributed by atoms with Gasteiger partial charge in [-0.15, -0.1) is 0 Å². The first-order valence-electron chi connectivity index (χ1n) is 10.5. The van der Waals surface area contributed by atoms with Crippen LogP contribution in [-0.4, -0.2) is 52.4 Å². The Hall–Kier alpha value is -3.46. The van der Waals surface area contributed by atoms with Crippen LogP contribution in [0.4, 0.5) is 9.18 Å². The quantitative estimate of drug-likeness (QED) is 0.633. The number of halogens is 1. The monoisotopic (exact) mass is 467 g/mol. The minimum atomic E-state index is -0.521. The number of imide groups is 1. The lowest BCUT2D eigenvalue weighted by molar-refractivity contribution is -0.129. The summed E-state index contributed by atoms with van der Waals surface area (Å²) < 4.78 is 13.8. The molecule has 0 radical (unpaired) electrons. The highest BCUT2D eigenvalue weighted by atomic mass is 32.2. The first kappa shape index (κ1) is 22.7. The largest absolute Gasteiger partial charge is 0.354 e. The number of nitrogens with zero attached hydrogens (tertiary/aromatic N) is 2. The van der Waals surface area contributed by atoms with E-state index in [1.54, 1.807) is 17.0 Å². The highest BCUT2D eigenvalue weighted by molar-refractivity contribution is 8.18. The summed E-state index contributed by atoms with van der Waals surface area (Å²) in [4.78, 5) is 52.4. The van der Waals surface area contributed by atoms with Gasteiger partial charge in [0.2, 0.25) is 11.8 Å². The Bertz CT molecular complexity index is 1120. The molecule has 2 aromatic rings. The van der Waals surface area contributed by atoms with Crippen molar-refractivity contribution < 1.29 is 23.6 Å². The summed E-state index contributed by atoms with van der Waals surface area (Å²) in [7, 11) is 0. The molecule has 170 valence electrons. The average molecular weight is 468 g/mol. The number of likely N-dealkylation sites (tertiary alicyclic amines) is 1. The van der Waals surface area contributed by atoms with Crippen molar-refractivity contribution in [2.24, 2.45) is 5.92 Å². The Morgan fingerprint density at radius 1 is 1.09 bits per heavy atom. The fourth-order valence-corrected chi connectivity index (χ4v) is 4.62. The van der Waals surface area contributed by atoms with Gasteiger partial charge in [-0.05, 0) is 29.5 Å². The van der Waals surface area contributed by atoms with Gasteiger partial charge in [0, 0.05) is 38.2 Å². The second-order valence-corrected chi connectivity index (χ2v) is 8.80. The fraction of sp³-hybridized carbons (Fsp3) is 0.250. The van der Waals surface area contributed by atoms with Crippen LogP contribution in [0.3, 0.4) is 0 Å². The van der Waals surface area contributed by atoms with Gasteiger partial charge in [-0.25, -0.2) is 4.39 Å². The van der Waals surface area contributed by atoms with E-state index < -0.39 is 22.9 Å². The second kappa shape index (κ2) is 9.99. The van der Waals surface area contributed by atoms with Crippen LogP contribution >= 0.6 is 11.8 Å². The number of rotatable bonds is 7. The molecule has 0 aliphatic carbocycles. The van der Waals surface area contributed by atoms with Crippen LogP contribution in [0, 0.1) is 11.7 Å². The number of benzene rings is 2. The van der Waals surface area contributed by atoms with Crippen molar-refractivity contribution in [3.63, 3.8) is 0 Å². The molecule has 1 N–H and O–H groups in total. The SMILES string of the molecule is O=C(NCCN1C(=O)S/C(=C\c2ccccc2F)C1=O)[C@@H]1CC(=O)N(Cc2ccccc2)C1. The molecule has 4 rings (SSSR count). The van der Waals surface area contributed by atoms with Gasteiger partial charge in [0.25, 0.3) is 11.1 Å². The minimum absolute atomic E-state index is 0.000581. The summed E-state index contributed by atoms with van der Waals surface area (Å²) in [5.74, 6) is -1.84. The smallest absolute Gasteiger partial charge is 0.293 e. The molecular formula is C24H22FN3O4S. The third kappa shape index (κ3) is 5.31. The molecule has 2 aliphatic rings. The van der Waals surface area contributed by atoms with Crippen LogP contribution in [0.1, 0.15) is 17.5 Å². The van der Waals surface area contributed by atoms with Crippen LogP contribution in [-0.2, 0) is 20.9 Å². The average Bonchev–Trinajstić information content (AvgIpc) is 3.30. The van der Waals surface area contributed by atoms with Crippen molar-refractivity contribution in [2.75, 3.05) is 19.6 Å². The van der Waals surface area contributed by atoms with Crippen molar-refractivity contribution in [2.45, 2.75) is 13.0 Å². The van der Waals surface area contributed by atoms with Gasteiger partial charge in [-0.3, -0.25) is 24.1 Å². The predicted molar refractivity (Wildman–Crippen MR) is 122 cm³/mol. The Kier molecular flexibility index (Phi) is 6.88. The standard InChI is InChI=1S/C24H22FN3O4S/c25-19-9-5-4-8-17(19)12-20-23(31)28(24(32)33-20)11-10-26-22(30)18-13-21(29)27(15-18)14-16-6-2-1-3-7-16/h1-9,12,18H,10-11,13-15H2,(H,26,30)/b20-12-/t18-/m1/s1. The molecule has 2 fully saturated rings. The number of hydrogen-bond donors (Lipinski definition) is 1. The molecule has 2 saturated heterocycles. The molecule has 4 amide bonds. The molecule has 2 heterocycles. The van der Waals surface area contributed by atoms with Crippen molar-refractivity contribution >= 4 is 40.8 Å². The molecule has 2 aliphatic heterocycles. The normalized spacial score (nSPS) is 19.6. The fourth-order valence-electron chi connectivity index (χ4n) is 3.77. The van der Waals surface area contributed by atoms with Crippen LogP contribution in [0.2, 0.25) is 0 Å². The number of thioether (sulfide) groups is 1. The van der Waals surface area contributed by atoms with E-state index in [0.717, 1.165) is 22.2 Å². The molecule has 9 heteroatoms. The van der Waals surface area contributed by atoms with E-state index >= 15 is 0 Å². The molecule has 1 atom stereocenters. The van der Waals surface area contributed by atoms with Crippen molar-refractivity contribution in [3.8, 4) is 0 Å². The summed E-state index contributed by atoms with van der Waals surface area (Å²) in [5.41, 5.74) is 1.22. The molecule has 2 aromatic carbocycles. The third-order valence-electron chi connectivity index (χ3n) is 5.50. The maximum absolute atomic E-state index is 13.8. The lowest BCUT2D eigenvalue weighted by atomic mass is 10.1. The lowest BCUT2D eigenvalue weighted by Gasteiger charge is -2.17. The van der Waals surface area contributed by atoms with Gasteiger partial charge in [-0.2, -0.15) is 0 Å². The first-order chi connectivity index (χ1) is 15.9. The molecule has 7 nitrogen and oxygen atoms in total. The number of amides is 4. The number of nitrogens with one attached hydrogen (secondary N) is 1. The third-order valence-corrected chi connectivity index (χ3v) is 6.41. The van der Waals surface area contributed by atoms with Crippen molar-refractivity contribution in [1.82, 2.24) is 15.1 Å². The van der Waals surface area contributed by atoms with E-state index in [1.807, 2.05) is 30.3 Å². The van der Waals surface area contributed by atoms with Gasteiger partial charge in [-0.1, -0.05) is 48.5 Å². The zero-order valence-corrected chi connectivity index (χ0v) is 18.5. The van der Waals surface area contributed by atoms with Gasteiger partial charge >= 0.3 is 0 Å². The Morgan fingerprint density at radius 2 is 1.82 bits per heavy atom. The second-order valence-electron chi connectivity index (χ2n) is 7.81. The molecule has 0 bridgehead atoms. The molecule has 0 aromatic heterocycles. The van der Waals surface area contributed by atoms with E-state index in [-0.39, 0.29) is 41.8 Å². The van der Waals surface area contributed by atoms with E-state index in [2.05, 4.69) is 5.32 Å². The molecule has 0 saturated carbocycles. The first-order valence-corrected chi connectivity index (χ1v) is 11.3. The highest BCUT2D eigenvalue weighted by Crippen LogP contribution is 2.32. The zero-order chi connectivity index (χ0) is 23.4. The van der Waals surface area contributed by atoms with E-state index in [4.69, 9.17) is 0 Å². The summed E-state index contributed by atoms with van der Waals surface area (Å²) >= 11 is 0.739. The van der Waals surface area contributed by atoms with E-state index in [0.29, 0.717) is 13.1 Å². The van der Waals surface area contributed by atoms with Crippen LogP contribution < -0.4 is 5.32 Å². The zero-order valence-electron chi connectivity index (χ0n) is 17.7. The van der Waals surface area contributed by atoms with E-state index in [1.165, 1.54) is 18.2 Å². The number of carbonyl (C=O) groups is 4. The van der Waals surface area contributed by atoms with Gasteiger partial charge in [0.05, 0.1) is 10.8 Å². The Labute approximate surface area is 194 Å². The van der Waals surface area contributed by atoms with Gasteiger partial charge < -0.3 is 10.2 Å². The summed E-state index contributed by atoms with van der Waals surface area (Å²) in [6.07, 6.45) is 1.48. The number of carbonyl (C=O) groups excluding carboxylic acids is 4. The van der Waals surface area contributed by atoms with E-state index in [9.17, 15) is 23.6 Å². The predicted octanol–water partition coefficient (Wildman–Crippen LogP) is 3.03. The Balaban J connectivity index is 1.28.